The molecule has 2 aromatic rings. The van der Waals surface area contributed by atoms with Crippen LogP contribution in [0.2, 0.25) is 0 Å². The lowest BCUT2D eigenvalue weighted by Crippen LogP contribution is -1.96. The molecule has 1 aromatic carbocycles. The first-order chi connectivity index (χ1) is 9.22. The molecule has 0 amide bonds. The quantitative estimate of drug-likeness (QED) is 0.755. The number of aldehydes is 1. The van der Waals surface area contributed by atoms with E-state index in [9.17, 15) is 4.79 Å². The van der Waals surface area contributed by atoms with Gasteiger partial charge in [0.15, 0.2) is 6.29 Å². The molecule has 0 atom stereocenters. The van der Waals surface area contributed by atoms with Crippen LogP contribution in [0.4, 0.5) is 0 Å². The Kier molecular flexibility index (Phi) is 5.00. The van der Waals surface area contributed by atoms with Crippen molar-refractivity contribution in [3.05, 3.63) is 34.1 Å². The first kappa shape index (κ1) is 14.1. The van der Waals surface area contributed by atoms with Gasteiger partial charge in [0.2, 0.25) is 0 Å². The van der Waals surface area contributed by atoms with Crippen molar-refractivity contribution in [1.82, 2.24) is 9.36 Å². The number of hydrogen-bond acceptors (Lipinski definition) is 6. The molecule has 7 heteroatoms. The van der Waals surface area contributed by atoms with Crippen molar-refractivity contribution in [2.75, 3.05) is 13.7 Å². The molecule has 0 bridgehead atoms. The topological polar surface area (TPSA) is 61.3 Å². The van der Waals surface area contributed by atoms with Gasteiger partial charge in [-0.15, -0.1) is 0 Å². The van der Waals surface area contributed by atoms with Gasteiger partial charge >= 0.3 is 0 Å². The highest BCUT2D eigenvalue weighted by molar-refractivity contribution is 9.10. The summed E-state index contributed by atoms with van der Waals surface area (Å²) in [5.74, 6) is 1.24. The number of rotatable bonds is 6. The molecule has 100 valence electrons. The van der Waals surface area contributed by atoms with E-state index < -0.39 is 0 Å². The van der Waals surface area contributed by atoms with Crippen molar-refractivity contribution in [2.24, 2.45) is 0 Å². The summed E-state index contributed by atoms with van der Waals surface area (Å²) in [6.45, 7) is 0.573. The fourth-order valence-corrected chi connectivity index (χ4v) is 2.29. The van der Waals surface area contributed by atoms with E-state index in [1.807, 2.05) is 0 Å². The zero-order valence-corrected chi connectivity index (χ0v) is 12.5. The van der Waals surface area contributed by atoms with E-state index in [1.54, 1.807) is 25.3 Å². The molecule has 0 saturated heterocycles. The van der Waals surface area contributed by atoms with Crippen LogP contribution < -0.4 is 4.74 Å². The zero-order chi connectivity index (χ0) is 13.7. The minimum atomic E-state index is 0.449. The zero-order valence-electron chi connectivity index (χ0n) is 10.1. The van der Waals surface area contributed by atoms with Crippen LogP contribution >= 0.6 is 27.5 Å². The minimum absolute atomic E-state index is 0.449. The summed E-state index contributed by atoms with van der Waals surface area (Å²) in [5, 5.41) is 0.449. The lowest BCUT2D eigenvalue weighted by atomic mass is 10.2. The number of nitrogens with zero attached hydrogens (tertiary/aromatic N) is 2. The summed E-state index contributed by atoms with van der Waals surface area (Å²) >= 11 is 4.46. The maximum Gasteiger partial charge on any atom is 0.298 e. The Morgan fingerprint density at radius 3 is 3.05 bits per heavy atom. The molecule has 0 aliphatic heterocycles. The fourth-order valence-electron chi connectivity index (χ4n) is 1.35. The second kappa shape index (κ2) is 6.74. The maximum absolute atomic E-state index is 10.8. The highest BCUT2D eigenvalue weighted by Crippen LogP contribution is 2.26. The van der Waals surface area contributed by atoms with E-state index in [0.29, 0.717) is 35.4 Å². The lowest BCUT2D eigenvalue weighted by Gasteiger charge is -2.02. The third-order valence-corrected chi connectivity index (χ3v) is 3.63. The second-order valence-corrected chi connectivity index (χ2v) is 5.19. The smallest absolute Gasteiger partial charge is 0.298 e. The van der Waals surface area contributed by atoms with Gasteiger partial charge in [0, 0.05) is 35.1 Å². The Labute approximate surface area is 122 Å². The van der Waals surface area contributed by atoms with Crippen molar-refractivity contribution in [1.29, 1.82) is 0 Å². The standard InChI is InChI=1S/C12H11BrN2O3S/c1-17-5-4-11-14-12(19-15-11)18-9-2-3-10(13)8(6-9)7-16/h2-3,6-7H,4-5H2,1H3. The average Bonchev–Trinajstić information content (AvgIpc) is 2.86. The summed E-state index contributed by atoms with van der Waals surface area (Å²) in [7, 11) is 1.63. The first-order valence-corrected chi connectivity index (χ1v) is 7.03. The van der Waals surface area contributed by atoms with E-state index in [0.717, 1.165) is 10.8 Å². The molecule has 0 N–H and O–H groups in total. The Morgan fingerprint density at radius 2 is 2.32 bits per heavy atom. The maximum atomic E-state index is 10.8. The van der Waals surface area contributed by atoms with Gasteiger partial charge in [-0.1, -0.05) is 15.9 Å². The molecule has 0 saturated carbocycles. The minimum Gasteiger partial charge on any atom is -0.430 e. The predicted molar refractivity (Wildman–Crippen MR) is 75.1 cm³/mol. The number of carbonyl (C=O) groups excluding carboxylic acids is 1. The van der Waals surface area contributed by atoms with Crippen molar-refractivity contribution in [3.63, 3.8) is 0 Å². The number of benzene rings is 1. The van der Waals surface area contributed by atoms with E-state index in [1.165, 1.54) is 11.5 Å². The molecule has 19 heavy (non-hydrogen) atoms. The normalized spacial score (nSPS) is 10.4. The van der Waals surface area contributed by atoms with Crippen molar-refractivity contribution < 1.29 is 14.3 Å². The highest BCUT2D eigenvalue weighted by Gasteiger charge is 2.07. The highest BCUT2D eigenvalue weighted by atomic mass is 79.9. The van der Waals surface area contributed by atoms with E-state index in [4.69, 9.17) is 9.47 Å². The molecule has 0 fully saturated rings. The fraction of sp³-hybridized carbons (Fsp3) is 0.250. The van der Waals surface area contributed by atoms with Gasteiger partial charge in [0.05, 0.1) is 6.61 Å². The van der Waals surface area contributed by atoms with Crippen LogP contribution in [0.3, 0.4) is 0 Å². The molecule has 0 radical (unpaired) electrons. The van der Waals surface area contributed by atoms with Crippen LogP contribution in [0.15, 0.2) is 22.7 Å². The Bertz CT molecular complexity index is 574. The summed E-state index contributed by atoms with van der Waals surface area (Å²) in [4.78, 5) is 15.1. The third-order valence-electron chi connectivity index (χ3n) is 2.28. The van der Waals surface area contributed by atoms with Crippen molar-refractivity contribution in [3.8, 4) is 10.9 Å². The molecule has 0 unspecified atom stereocenters. The summed E-state index contributed by atoms with van der Waals surface area (Å²) in [6.07, 6.45) is 1.41. The molecular weight excluding hydrogens is 332 g/mol. The molecule has 0 spiro atoms. The van der Waals surface area contributed by atoms with Gasteiger partial charge in [0.25, 0.3) is 5.19 Å². The van der Waals surface area contributed by atoms with E-state index in [-0.39, 0.29) is 0 Å². The van der Waals surface area contributed by atoms with Gasteiger partial charge in [-0.2, -0.15) is 9.36 Å². The SMILES string of the molecule is COCCc1nsc(Oc2ccc(Br)c(C=O)c2)n1. The van der Waals surface area contributed by atoms with Crippen LogP contribution in [-0.2, 0) is 11.2 Å². The predicted octanol–water partition coefficient (Wildman–Crippen LogP) is 3.09. The van der Waals surface area contributed by atoms with E-state index in [2.05, 4.69) is 25.3 Å². The molecule has 1 heterocycles. The van der Waals surface area contributed by atoms with Crippen LogP contribution in [0, 0.1) is 0 Å². The first-order valence-electron chi connectivity index (χ1n) is 5.47. The average molecular weight is 343 g/mol. The van der Waals surface area contributed by atoms with Gasteiger partial charge in [-0.3, -0.25) is 4.79 Å². The van der Waals surface area contributed by atoms with Crippen molar-refractivity contribution in [2.45, 2.75) is 6.42 Å². The molecule has 0 aliphatic rings. The summed E-state index contributed by atoms with van der Waals surface area (Å²) in [5.41, 5.74) is 0.529. The molecular formula is C12H11BrN2O3S. The van der Waals surface area contributed by atoms with Crippen LogP contribution in [0.1, 0.15) is 16.2 Å². The summed E-state index contributed by atoms with van der Waals surface area (Å²) in [6, 6.07) is 5.16. The van der Waals surface area contributed by atoms with Gasteiger partial charge in [-0.25, -0.2) is 0 Å². The Balaban J connectivity index is 2.08. The monoisotopic (exact) mass is 342 g/mol. The third kappa shape index (κ3) is 3.82. The Hall–Kier alpha value is -1.31. The number of carbonyl (C=O) groups is 1. The number of methoxy groups -OCH3 is 1. The molecule has 1 aromatic heterocycles. The largest absolute Gasteiger partial charge is 0.430 e. The number of halogens is 1. The molecule has 0 aliphatic carbocycles. The van der Waals surface area contributed by atoms with Crippen LogP contribution in [0.25, 0.3) is 0 Å². The Morgan fingerprint density at radius 1 is 1.47 bits per heavy atom. The van der Waals surface area contributed by atoms with Gasteiger partial charge in [-0.05, 0) is 18.2 Å². The van der Waals surface area contributed by atoms with Gasteiger partial charge < -0.3 is 9.47 Å². The number of aromatic nitrogens is 2. The van der Waals surface area contributed by atoms with Gasteiger partial charge in [0.1, 0.15) is 11.6 Å². The van der Waals surface area contributed by atoms with E-state index >= 15 is 0 Å². The number of hydrogen-bond donors (Lipinski definition) is 0. The van der Waals surface area contributed by atoms with Crippen LogP contribution in [-0.4, -0.2) is 29.4 Å². The molecule has 2 rings (SSSR count). The lowest BCUT2D eigenvalue weighted by molar-refractivity contribution is 0.112. The van der Waals surface area contributed by atoms with Crippen molar-refractivity contribution >= 4 is 33.7 Å². The molecule has 5 nitrogen and oxygen atoms in total. The summed E-state index contributed by atoms with van der Waals surface area (Å²) < 4.78 is 15.4. The second-order valence-electron chi connectivity index (χ2n) is 3.62. The van der Waals surface area contributed by atoms with Crippen LogP contribution in [0.5, 0.6) is 10.9 Å². The number of ether oxygens (including phenoxy) is 2.